The first kappa shape index (κ1) is 17.6. The predicted molar refractivity (Wildman–Crippen MR) is 107 cm³/mol. The number of thiophene rings is 1. The summed E-state index contributed by atoms with van der Waals surface area (Å²) < 4.78 is 5.99. The SMILES string of the molecule is CN1CC2(CC1c1nnc(-c3ccccc3)o1)CN(C(=O)Cc1ccsc1)C2. The molecule has 1 atom stereocenters. The van der Waals surface area contributed by atoms with Crippen molar-refractivity contribution in [2.24, 2.45) is 5.41 Å². The van der Waals surface area contributed by atoms with Gasteiger partial charge in [0.25, 0.3) is 0 Å². The van der Waals surface area contributed by atoms with Gasteiger partial charge in [-0.2, -0.15) is 11.3 Å². The van der Waals surface area contributed by atoms with Crippen LogP contribution < -0.4 is 0 Å². The zero-order valence-electron chi connectivity index (χ0n) is 15.7. The fraction of sp³-hybridized carbons (Fsp3) is 0.381. The molecule has 5 rings (SSSR count). The normalized spacial score (nSPS) is 21.2. The zero-order chi connectivity index (χ0) is 19.1. The standard InChI is InChI=1S/C21H22N4O2S/c1-24-12-21(13-25(14-21)18(26)9-15-7-8-28-11-15)10-17(24)20-23-22-19(27-20)16-5-3-2-4-6-16/h2-8,11,17H,9-10,12-14H2,1H3. The Hall–Kier alpha value is -2.51. The number of hydrogen-bond donors (Lipinski definition) is 0. The Labute approximate surface area is 167 Å². The van der Waals surface area contributed by atoms with Crippen molar-refractivity contribution in [1.29, 1.82) is 0 Å². The lowest BCUT2D eigenvalue weighted by molar-refractivity contribution is -0.141. The van der Waals surface area contributed by atoms with Crippen LogP contribution in [0, 0.1) is 5.41 Å². The number of likely N-dealkylation sites (tertiary alicyclic amines) is 2. The van der Waals surface area contributed by atoms with Crippen molar-refractivity contribution in [1.82, 2.24) is 20.0 Å². The molecule has 0 radical (unpaired) electrons. The van der Waals surface area contributed by atoms with Gasteiger partial charge in [0.2, 0.25) is 17.7 Å². The molecule has 2 saturated heterocycles. The Morgan fingerprint density at radius 2 is 2.04 bits per heavy atom. The third kappa shape index (κ3) is 3.14. The zero-order valence-corrected chi connectivity index (χ0v) is 16.6. The van der Waals surface area contributed by atoms with Gasteiger partial charge in [0.15, 0.2) is 0 Å². The van der Waals surface area contributed by atoms with Crippen LogP contribution in [0.4, 0.5) is 0 Å². The van der Waals surface area contributed by atoms with E-state index in [-0.39, 0.29) is 17.4 Å². The predicted octanol–water partition coefficient (Wildman–Crippen LogP) is 3.25. The summed E-state index contributed by atoms with van der Waals surface area (Å²) in [5, 5.41) is 12.6. The second-order valence-corrected chi connectivity index (χ2v) is 8.78. The number of amides is 1. The molecular weight excluding hydrogens is 372 g/mol. The molecule has 1 spiro atoms. The van der Waals surface area contributed by atoms with Crippen LogP contribution in [-0.2, 0) is 11.2 Å². The summed E-state index contributed by atoms with van der Waals surface area (Å²) in [5.74, 6) is 1.45. The third-order valence-corrected chi connectivity index (χ3v) is 6.56. The number of carbonyl (C=O) groups excluding carboxylic acids is 1. The Bertz CT molecular complexity index is 963. The van der Waals surface area contributed by atoms with E-state index in [4.69, 9.17) is 4.42 Å². The highest BCUT2D eigenvalue weighted by atomic mass is 32.1. The van der Waals surface area contributed by atoms with Gasteiger partial charge in [-0.3, -0.25) is 9.69 Å². The Kier molecular flexibility index (Phi) is 4.29. The van der Waals surface area contributed by atoms with E-state index in [0.717, 1.165) is 37.2 Å². The Balaban J connectivity index is 1.24. The molecule has 0 N–H and O–H groups in total. The Morgan fingerprint density at radius 3 is 2.79 bits per heavy atom. The van der Waals surface area contributed by atoms with E-state index >= 15 is 0 Å². The fourth-order valence-corrected chi connectivity index (χ4v) is 5.13. The van der Waals surface area contributed by atoms with Gasteiger partial charge >= 0.3 is 0 Å². The molecule has 3 aromatic rings. The second-order valence-electron chi connectivity index (χ2n) is 8.00. The highest BCUT2D eigenvalue weighted by Crippen LogP contribution is 2.47. The quantitative estimate of drug-likeness (QED) is 0.680. The smallest absolute Gasteiger partial charge is 0.247 e. The summed E-state index contributed by atoms with van der Waals surface area (Å²) in [6.07, 6.45) is 1.45. The van der Waals surface area contributed by atoms with Crippen molar-refractivity contribution in [3.8, 4) is 11.5 Å². The molecular formula is C21H22N4O2S. The van der Waals surface area contributed by atoms with Gasteiger partial charge in [0, 0.05) is 30.6 Å². The second kappa shape index (κ2) is 6.83. The van der Waals surface area contributed by atoms with Gasteiger partial charge in [0.05, 0.1) is 12.5 Å². The molecule has 1 aromatic carbocycles. The number of rotatable bonds is 4. The highest BCUT2D eigenvalue weighted by Gasteiger charge is 2.53. The summed E-state index contributed by atoms with van der Waals surface area (Å²) >= 11 is 1.64. The van der Waals surface area contributed by atoms with Crippen molar-refractivity contribution < 1.29 is 9.21 Å². The number of aromatic nitrogens is 2. The maximum Gasteiger partial charge on any atom is 0.247 e. The van der Waals surface area contributed by atoms with Crippen LogP contribution in [0.3, 0.4) is 0 Å². The molecule has 144 valence electrons. The molecule has 2 fully saturated rings. The summed E-state index contributed by atoms with van der Waals surface area (Å²) in [4.78, 5) is 16.8. The largest absolute Gasteiger partial charge is 0.419 e. The van der Waals surface area contributed by atoms with E-state index in [2.05, 4.69) is 22.1 Å². The molecule has 0 bridgehead atoms. The van der Waals surface area contributed by atoms with Crippen LogP contribution >= 0.6 is 11.3 Å². The summed E-state index contributed by atoms with van der Waals surface area (Å²) in [6, 6.07) is 12.0. The minimum Gasteiger partial charge on any atom is -0.419 e. The van der Waals surface area contributed by atoms with Crippen LogP contribution in [0.2, 0.25) is 0 Å². The lowest BCUT2D eigenvalue weighted by Crippen LogP contribution is -2.59. The molecule has 1 amide bonds. The van der Waals surface area contributed by atoms with Gasteiger partial charge < -0.3 is 9.32 Å². The first-order valence-corrected chi connectivity index (χ1v) is 10.4. The molecule has 4 heterocycles. The first-order chi connectivity index (χ1) is 13.6. The van der Waals surface area contributed by atoms with E-state index in [1.165, 1.54) is 0 Å². The molecule has 0 saturated carbocycles. The molecule has 2 aromatic heterocycles. The average molecular weight is 395 g/mol. The Morgan fingerprint density at radius 1 is 1.21 bits per heavy atom. The van der Waals surface area contributed by atoms with Crippen molar-refractivity contribution in [3.63, 3.8) is 0 Å². The van der Waals surface area contributed by atoms with Crippen molar-refractivity contribution in [2.45, 2.75) is 18.9 Å². The lowest BCUT2D eigenvalue weighted by atomic mass is 9.77. The number of benzene rings is 1. The first-order valence-electron chi connectivity index (χ1n) is 9.50. The number of nitrogens with zero attached hydrogens (tertiary/aromatic N) is 4. The fourth-order valence-electron chi connectivity index (χ4n) is 4.46. The van der Waals surface area contributed by atoms with Gasteiger partial charge in [-0.15, -0.1) is 10.2 Å². The monoisotopic (exact) mass is 394 g/mol. The maximum absolute atomic E-state index is 12.5. The van der Waals surface area contributed by atoms with Crippen LogP contribution in [0.15, 0.2) is 51.6 Å². The molecule has 28 heavy (non-hydrogen) atoms. The van der Waals surface area contributed by atoms with E-state index in [0.29, 0.717) is 18.2 Å². The molecule has 7 heteroatoms. The molecule has 2 aliphatic heterocycles. The van der Waals surface area contributed by atoms with E-state index in [1.807, 2.05) is 52.1 Å². The third-order valence-electron chi connectivity index (χ3n) is 5.83. The topological polar surface area (TPSA) is 62.5 Å². The van der Waals surface area contributed by atoms with Crippen molar-refractivity contribution in [2.75, 3.05) is 26.7 Å². The highest BCUT2D eigenvalue weighted by molar-refractivity contribution is 7.08. The van der Waals surface area contributed by atoms with E-state index in [1.54, 1.807) is 11.3 Å². The minimum atomic E-state index is 0.110. The van der Waals surface area contributed by atoms with Gasteiger partial charge in [-0.25, -0.2) is 0 Å². The summed E-state index contributed by atoms with van der Waals surface area (Å²) in [7, 11) is 2.10. The van der Waals surface area contributed by atoms with Crippen LogP contribution in [-0.4, -0.2) is 52.6 Å². The maximum atomic E-state index is 12.5. The summed E-state index contributed by atoms with van der Waals surface area (Å²) in [5.41, 5.74) is 2.19. The van der Waals surface area contributed by atoms with Gasteiger partial charge in [-0.05, 0) is 48.0 Å². The summed E-state index contributed by atoms with van der Waals surface area (Å²) in [6.45, 7) is 2.58. The van der Waals surface area contributed by atoms with Crippen LogP contribution in [0.5, 0.6) is 0 Å². The van der Waals surface area contributed by atoms with E-state index < -0.39 is 0 Å². The van der Waals surface area contributed by atoms with Crippen LogP contribution in [0.1, 0.15) is 23.9 Å². The number of carbonyl (C=O) groups is 1. The molecule has 0 aliphatic carbocycles. The van der Waals surface area contributed by atoms with Crippen molar-refractivity contribution in [3.05, 3.63) is 58.6 Å². The van der Waals surface area contributed by atoms with Gasteiger partial charge in [0.1, 0.15) is 0 Å². The molecule has 1 unspecified atom stereocenters. The number of hydrogen-bond acceptors (Lipinski definition) is 6. The van der Waals surface area contributed by atoms with E-state index in [9.17, 15) is 4.79 Å². The minimum absolute atomic E-state index is 0.110. The lowest BCUT2D eigenvalue weighted by Gasteiger charge is -2.48. The molecule has 2 aliphatic rings. The van der Waals surface area contributed by atoms with Crippen LogP contribution in [0.25, 0.3) is 11.5 Å². The van der Waals surface area contributed by atoms with Gasteiger partial charge in [-0.1, -0.05) is 18.2 Å². The average Bonchev–Trinajstić information content (AvgIpc) is 3.40. The van der Waals surface area contributed by atoms with Crippen molar-refractivity contribution >= 4 is 17.2 Å². The molecule has 6 nitrogen and oxygen atoms in total.